The summed E-state index contributed by atoms with van der Waals surface area (Å²) in [4.78, 5) is 3.54. The first-order valence-corrected chi connectivity index (χ1v) is 5.27. The lowest BCUT2D eigenvalue weighted by Crippen LogP contribution is -2.46. The first-order chi connectivity index (χ1) is 6.22. The third-order valence-corrected chi connectivity index (χ3v) is 3.79. The van der Waals surface area contributed by atoms with E-state index in [1.807, 2.05) is 0 Å². The van der Waals surface area contributed by atoms with E-state index in [0.717, 1.165) is 13.0 Å². The lowest BCUT2D eigenvalue weighted by molar-refractivity contribution is 0.535. The average molecular weight is 192 g/mol. The predicted molar refractivity (Wildman–Crippen MR) is 55.2 cm³/mol. The molecule has 1 aliphatic rings. The molecule has 68 valence electrons. The zero-order valence-corrected chi connectivity index (χ0v) is 8.69. The van der Waals surface area contributed by atoms with Crippen LogP contribution >= 0.6 is 11.3 Å². The summed E-state index contributed by atoms with van der Waals surface area (Å²) in [5, 5.41) is 10.1. The lowest BCUT2D eigenvalue weighted by atomic mass is 10.1. The Balaban J connectivity index is 2.22. The minimum atomic E-state index is 0.123. The molecule has 1 fully saturated rings. The molecular weight excluding hydrogens is 180 g/mol. The summed E-state index contributed by atoms with van der Waals surface area (Å²) in [5.41, 5.74) is 1.34. The van der Waals surface area contributed by atoms with Crippen molar-refractivity contribution in [2.75, 3.05) is 11.4 Å². The minimum absolute atomic E-state index is 0.123. The van der Waals surface area contributed by atoms with Gasteiger partial charge in [0.15, 0.2) is 0 Å². The fraction of sp³-hybridized carbons (Fsp3) is 0.500. The molecular formula is C10H12N2S. The van der Waals surface area contributed by atoms with Gasteiger partial charge in [0.05, 0.1) is 11.1 Å². The minimum Gasteiger partial charge on any atom is -0.347 e. The van der Waals surface area contributed by atoms with Gasteiger partial charge in [0.2, 0.25) is 0 Å². The molecule has 0 N–H and O–H groups in total. The number of nitriles is 1. The Kier molecular flexibility index (Phi) is 2.01. The van der Waals surface area contributed by atoms with Gasteiger partial charge in [-0.2, -0.15) is 5.26 Å². The normalized spacial score (nSPS) is 21.0. The largest absolute Gasteiger partial charge is 0.347 e. The van der Waals surface area contributed by atoms with E-state index in [9.17, 15) is 0 Å². The topological polar surface area (TPSA) is 27.0 Å². The number of nitrogens with zero attached hydrogens (tertiary/aromatic N) is 2. The van der Waals surface area contributed by atoms with Gasteiger partial charge in [-0.15, -0.1) is 11.3 Å². The van der Waals surface area contributed by atoms with Gasteiger partial charge in [0.25, 0.3) is 0 Å². The number of rotatable bonds is 1. The van der Waals surface area contributed by atoms with E-state index in [4.69, 9.17) is 5.26 Å². The average Bonchev–Trinajstić information content (AvgIpc) is 2.30. The maximum absolute atomic E-state index is 8.81. The third kappa shape index (κ3) is 1.31. The Hall–Kier alpha value is -1.01. The Morgan fingerprint density at radius 2 is 2.38 bits per heavy atom. The van der Waals surface area contributed by atoms with Crippen LogP contribution in [0.15, 0.2) is 6.07 Å². The van der Waals surface area contributed by atoms with E-state index in [2.05, 4.69) is 30.9 Å². The highest BCUT2D eigenvalue weighted by Gasteiger charge is 2.28. The van der Waals surface area contributed by atoms with Crippen LogP contribution < -0.4 is 4.90 Å². The summed E-state index contributed by atoms with van der Waals surface area (Å²) in [7, 11) is 0. The third-order valence-electron chi connectivity index (χ3n) is 2.60. The Morgan fingerprint density at radius 3 is 2.77 bits per heavy atom. The van der Waals surface area contributed by atoms with Gasteiger partial charge < -0.3 is 4.90 Å². The standard InChI is InChI=1S/C10H12N2S/c1-7-5-10(13-8(7)2)12-4-3-9(12)6-11/h5,9H,3-4H2,1-2H3/t9-/m0/s1. The highest BCUT2D eigenvalue weighted by atomic mass is 32.1. The molecule has 1 aromatic rings. The molecule has 0 spiro atoms. The van der Waals surface area contributed by atoms with Gasteiger partial charge in [-0.25, -0.2) is 0 Å². The second kappa shape index (κ2) is 3.04. The van der Waals surface area contributed by atoms with Gasteiger partial charge >= 0.3 is 0 Å². The number of hydrogen-bond donors (Lipinski definition) is 0. The van der Waals surface area contributed by atoms with Crippen molar-refractivity contribution in [2.24, 2.45) is 0 Å². The molecule has 0 bridgehead atoms. The van der Waals surface area contributed by atoms with Crippen LogP contribution in [0.5, 0.6) is 0 Å². The summed E-state index contributed by atoms with van der Waals surface area (Å²) in [5.74, 6) is 0. The maximum Gasteiger partial charge on any atom is 0.119 e. The van der Waals surface area contributed by atoms with Crippen molar-refractivity contribution in [2.45, 2.75) is 26.3 Å². The monoisotopic (exact) mass is 192 g/mol. The van der Waals surface area contributed by atoms with Crippen molar-refractivity contribution >= 4 is 16.3 Å². The predicted octanol–water partition coefficient (Wildman–Crippen LogP) is 2.47. The van der Waals surface area contributed by atoms with E-state index in [0.29, 0.717) is 0 Å². The SMILES string of the molecule is Cc1cc(N2CC[C@H]2C#N)sc1C. The van der Waals surface area contributed by atoms with Gasteiger partial charge in [-0.05, 0) is 31.9 Å². The van der Waals surface area contributed by atoms with E-state index in [-0.39, 0.29) is 6.04 Å². The van der Waals surface area contributed by atoms with Crippen molar-refractivity contribution in [3.05, 3.63) is 16.5 Å². The lowest BCUT2D eigenvalue weighted by Gasteiger charge is -2.37. The van der Waals surface area contributed by atoms with Gasteiger partial charge in [-0.3, -0.25) is 0 Å². The van der Waals surface area contributed by atoms with Gasteiger partial charge in [-0.1, -0.05) is 0 Å². The number of thiophene rings is 1. The van der Waals surface area contributed by atoms with Gasteiger partial charge in [0, 0.05) is 11.4 Å². The highest BCUT2D eigenvalue weighted by Crippen LogP contribution is 2.34. The first kappa shape index (κ1) is 8.58. The molecule has 13 heavy (non-hydrogen) atoms. The fourth-order valence-corrected chi connectivity index (χ4v) is 2.59. The quantitative estimate of drug-likeness (QED) is 0.683. The zero-order valence-electron chi connectivity index (χ0n) is 7.87. The van der Waals surface area contributed by atoms with E-state index in [1.165, 1.54) is 15.4 Å². The maximum atomic E-state index is 8.81. The van der Waals surface area contributed by atoms with Crippen molar-refractivity contribution in [1.29, 1.82) is 5.26 Å². The molecule has 0 radical (unpaired) electrons. The smallest absolute Gasteiger partial charge is 0.119 e. The number of aryl methyl sites for hydroxylation is 2. The molecule has 0 aromatic carbocycles. The van der Waals surface area contributed by atoms with Crippen LogP contribution in [-0.4, -0.2) is 12.6 Å². The molecule has 0 aliphatic carbocycles. The molecule has 1 aliphatic heterocycles. The Labute approximate surface area is 82.4 Å². The summed E-state index contributed by atoms with van der Waals surface area (Å²) < 4.78 is 0. The first-order valence-electron chi connectivity index (χ1n) is 4.45. The fourth-order valence-electron chi connectivity index (χ4n) is 1.48. The van der Waals surface area contributed by atoms with E-state index >= 15 is 0 Å². The summed E-state index contributed by atoms with van der Waals surface area (Å²) in [6.45, 7) is 5.29. The van der Waals surface area contributed by atoms with Gasteiger partial charge in [0.1, 0.15) is 6.04 Å². The van der Waals surface area contributed by atoms with Crippen LogP contribution in [0.4, 0.5) is 5.00 Å². The molecule has 2 heterocycles. The molecule has 0 amide bonds. The van der Waals surface area contributed by atoms with Crippen LogP contribution in [0.2, 0.25) is 0 Å². The van der Waals surface area contributed by atoms with E-state index < -0.39 is 0 Å². The molecule has 2 rings (SSSR count). The van der Waals surface area contributed by atoms with Crippen LogP contribution in [0.25, 0.3) is 0 Å². The van der Waals surface area contributed by atoms with Crippen molar-refractivity contribution in [1.82, 2.24) is 0 Å². The molecule has 0 saturated carbocycles. The van der Waals surface area contributed by atoms with Crippen LogP contribution in [0, 0.1) is 25.2 Å². The molecule has 1 saturated heterocycles. The Morgan fingerprint density at radius 1 is 1.62 bits per heavy atom. The summed E-state index contributed by atoms with van der Waals surface area (Å²) in [6.07, 6.45) is 1.02. The zero-order chi connectivity index (χ0) is 9.42. The van der Waals surface area contributed by atoms with Crippen molar-refractivity contribution in [3.63, 3.8) is 0 Å². The van der Waals surface area contributed by atoms with Crippen LogP contribution in [0.1, 0.15) is 16.9 Å². The van der Waals surface area contributed by atoms with E-state index in [1.54, 1.807) is 11.3 Å². The second-order valence-corrected chi connectivity index (χ2v) is 4.69. The molecule has 0 unspecified atom stereocenters. The number of anilines is 1. The summed E-state index contributed by atoms with van der Waals surface area (Å²) in [6, 6.07) is 4.62. The molecule has 1 atom stereocenters. The second-order valence-electron chi connectivity index (χ2n) is 3.45. The van der Waals surface area contributed by atoms with Crippen LogP contribution in [-0.2, 0) is 0 Å². The summed E-state index contributed by atoms with van der Waals surface area (Å²) >= 11 is 1.79. The van der Waals surface area contributed by atoms with Crippen LogP contribution in [0.3, 0.4) is 0 Å². The molecule has 1 aromatic heterocycles. The number of hydrogen-bond acceptors (Lipinski definition) is 3. The highest BCUT2D eigenvalue weighted by molar-refractivity contribution is 7.16. The Bertz CT molecular complexity index is 342. The molecule has 3 heteroatoms. The van der Waals surface area contributed by atoms with Crippen molar-refractivity contribution < 1.29 is 0 Å². The van der Waals surface area contributed by atoms with Crippen molar-refractivity contribution in [3.8, 4) is 6.07 Å². The molecule has 2 nitrogen and oxygen atoms in total.